The fourth-order valence-corrected chi connectivity index (χ4v) is 2.85. The molecule has 0 bridgehead atoms. The Labute approximate surface area is 175 Å². The first-order chi connectivity index (χ1) is 14.4. The highest BCUT2D eigenvalue weighted by molar-refractivity contribution is 5.96. The van der Waals surface area contributed by atoms with Gasteiger partial charge in [0.1, 0.15) is 0 Å². The molecule has 0 saturated carbocycles. The number of carbonyl (C=O) groups excluding carboxylic acids is 1. The Bertz CT molecular complexity index is 845. The number of nitrogen functional groups attached to an aromatic ring is 1. The zero-order valence-electron chi connectivity index (χ0n) is 17.2. The van der Waals surface area contributed by atoms with Gasteiger partial charge in [0.25, 0.3) is 5.91 Å². The standard InChI is InChI=1S/C21H27N3O6/c1-28-17-10-13(11-18(29-2)20(17)30-3)21(27)24-16(8-9-19(25)26)12-23-15-6-4-14(22)5-7-15/h4-7,10-11,16,23H,8-9,12,22H2,1-3H3,(H,24,27)(H,25,26)/t16-/m1/s1. The molecule has 0 saturated heterocycles. The van der Waals surface area contributed by atoms with E-state index in [1.165, 1.54) is 21.3 Å². The maximum Gasteiger partial charge on any atom is 0.303 e. The monoisotopic (exact) mass is 417 g/mol. The summed E-state index contributed by atoms with van der Waals surface area (Å²) in [5.74, 6) is -0.240. The Kier molecular flexibility index (Phi) is 8.16. The molecule has 1 amide bonds. The molecule has 0 unspecified atom stereocenters. The summed E-state index contributed by atoms with van der Waals surface area (Å²) >= 11 is 0. The van der Waals surface area contributed by atoms with Gasteiger partial charge in [0, 0.05) is 35.9 Å². The van der Waals surface area contributed by atoms with Crippen LogP contribution in [-0.4, -0.2) is 50.9 Å². The molecule has 5 N–H and O–H groups in total. The molecule has 0 spiro atoms. The molecule has 30 heavy (non-hydrogen) atoms. The van der Waals surface area contributed by atoms with Gasteiger partial charge in [0.05, 0.1) is 21.3 Å². The molecule has 0 aliphatic heterocycles. The summed E-state index contributed by atoms with van der Waals surface area (Å²) in [4.78, 5) is 23.9. The lowest BCUT2D eigenvalue weighted by Crippen LogP contribution is -2.40. The molecule has 1 atom stereocenters. The number of methoxy groups -OCH3 is 3. The highest BCUT2D eigenvalue weighted by Crippen LogP contribution is 2.38. The van der Waals surface area contributed by atoms with E-state index in [4.69, 9.17) is 25.1 Å². The second-order valence-corrected chi connectivity index (χ2v) is 6.52. The first-order valence-electron chi connectivity index (χ1n) is 9.30. The van der Waals surface area contributed by atoms with Crippen LogP contribution in [0, 0.1) is 0 Å². The fraction of sp³-hybridized carbons (Fsp3) is 0.333. The molecule has 162 valence electrons. The lowest BCUT2D eigenvalue weighted by atomic mass is 10.1. The fourth-order valence-electron chi connectivity index (χ4n) is 2.85. The molecule has 0 fully saturated rings. The molecule has 2 aromatic carbocycles. The van der Waals surface area contributed by atoms with Gasteiger partial charge in [-0.3, -0.25) is 9.59 Å². The van der Waals surface area contributed by atoms with E-state index in [9.17, 15) is 9.59 Å². The number of benzene rings is 2. The number of carboxylic acids is 1. The topological polar surface area (TPSA) is 132 Å². The molecule has 0 radical (unpaired) electrons. The minimum absolute atomic E-state index is 0.0797. The maximum absolute atomic E-state index is 12.8. The van der Waals surface area contributed by atoms with Crippen LogP contribution in [0.2, 0.25) is 0 Å². The van der Waals surface area contributed by atoms with E-state index in [0.29, 0.717) is 35.0 Å². The van der Waals surface area contributed by atoms with Crippen LogP contribution in [0.3, 0.4) is 0 Å². The minimum Gasteiger partial charge on any atom is -0.493 e. The SMILES string of the molecule is COc1cc(C(=O)N[C@H](CCC(=O)O)CNc2ccc(N)cc2)cc(OC)c1OC. The van der Waals surface area contributed by atoms with Crippen molar-refractivity contribution in [2.75, 3.05) is 38.9 Å². The van der Waals surface area contributed by atoms with Crippen LogP contribution < -0.4 is 30.6 Å². The van der Waals surface area contributed by atoms with Crippen LogP contribution in [-0.2, 0) is 4.79 Å². The van der Waals surface area contributed by atoms with Crippen LogP contribution in [0.1, 0.15) is 23.2 Å². The Morgan fingerprint density at radius 1 is 1.03 bits per heavy atom. The van der Waals surface area contributed by atoms with Gasteiger partial charge in [0.2, 0.25) is 5.75 Å². The molecule has 0 heterocycles. The van der Waals surface area contributed by atoms with Gasteiger partial charge in [-0.1, -0.05) is 0 Å². The minimum atomic E-state index is -0.936. The van der Waals surface area contributed by atoms with E-state index >= 15 is 0 Å². The third-order valence-electron chi connectivity index (χ3n) is 4.43. The van der Waals surface area contributed by atoms with Gasteiger partial charge < -0.3 is 35.7 Å². The van der Waals surface area contributed by atoms with Crippen molar-refractivity contribution in [2.45, 2.75) is 18.9 Å². The molecule has 0 aliphatic carbocycles. The van der Waals surface area contributed by atoms with Crippen molar-refractivity contribution in [1.82, 2.24) is 5.32 Å². The molecule has 2 rings (SSSR count). The first kappa shape index (κ1) is 22.7. The number of aliphatic carboxylic acids is 1. The Morgan fingerprint density at radius 3 is 2.13 bits per heavy atom. The van der Waals surface area contributed by atoms with E-state index in [1.807, 2.05) is 12.1 Å². The number of amides is 1. The molecule has 0 aromatic heterocycles. The predicted molar refractivity (Wildman–Crippen MR) is 114 cm³/mol. The lowest BCUT2D eigenvalue weighted by Gasteiger charge is -2.20. The quantitative estimate of drug-likeness (QED) is 0.410. The number of nitrogens with two attached hydrogens (primary N) is 1. The number of anilines is 2. The smallest absolute Gasteiger partial charge is 0.303 e. The van der Waals surface area contributed by atoms with E-state index in [-0.39, 0.29) is 18.7 Å². The van der Waals surface area contributed by atoms with E-state index in [2.05, 4.69) is 10.6 Å². The normalized spacial score (nSPS) is 11.3. The molecule has 2 aromatic rings. The number of hydrogen-bond acceptors (Lipinski definition) is 7. The van der Waals surface area contributed by atoms with E-state index in [0.717, 1.165) is 5.69 Å². The van der Waals surface area contributed by atoms with E-state index in [1.54, 1.807) is 24.3 Å². The highest BCUT2D eigenvalue weighted by Gasteiger charge is 2.20. The highest BCUT2D eigenvalue weighted by atomic mass is 16.5. The Hall–Kier alpha value is -3.62. The summed E-state index contributed by atoms with van der Waals surface area (Å²) in [6.07, 6.45) is 0.178. The van der Waals surface area contributed by atoms with Gasteiger partial charge in [-0.05, 0) is 42.8 Å². The first-order valence-corrected chi connectivity index (χ1v) is 9.30. The number of rotatable bonds is 11. The third kappa shape index (κ3) is 6.20. The number of nitrogens with one attached hydrogen (secondary N) is 2. The van der Waals surface area contributed by atoms with Crippen molar-refractivity contribution >= 4 is 23.3 Å². The van der Waals surface area contributed by atoms with Crippen LogP contribution in [0.4, 0.5) is 11.4 Å². The average Bonchev–Trinajstić information content (AvgIpc) is 2.75. The molecule has 9 heteroatoms. The summed E-state index contributed by atoms with van der Waals surface area (Å²) in [7, 11) is 4.40. The second kappa shape index (κ2) is 10.8. The maximum atomic E-state index is 12.8. The van der Waals surface area contributed by atoms with Crippen molar-refractivity contribution in [3.63, 3.8) is 0 Å². The van der Waals surface area contributed by atoms with Gasteiger partial charge >= 0.3 is 5.97 Å². The van der Waals surface area contributed by atoms with Crippen molar-refractivity contribution in [3.05, 3.63) is 42.0 Å². The number of carbonyl (C=O) groups is 2. The van der Waals surface area contributed by atoms with E-state index < -0.39 is 12.0 Å². The van der Waals surface area contributed by atoms with Crippen molar-refractivity contribution in [1.29, 1.82) is 0 Å². The second-order valence-electron chi connectivity index (χ2n) is 6.52. The zero-order valence-corrected chi connectivity index (χ0v) is 17.2. The van der Waals surface area contributed by atoms with Gasteiger partial charge in [0.15, 0.2) is 11.5 Å². The van der Waals surface area contributed by atoms with Crippen molar-refractivity contribution < 1.29 is 28.9 Å². The van der Waals surface area contributed by atoms with Crippen LogP contribution >= 0.6 is 0 Å². The number of ether oxygens (including phenoxy) is 3. The largest absolute Gasteiger partial charge is 0.493 e. The lowest BCUT2D eigenvalue weighted by molar-refractivity contribution is -0.137. The summed E-state index contributed by atoms with van der Waals surface area (Å²) in [6, 6.07) is 9.78. The molecule has 9 nitrogen and oxygen atoms in total. The van der Waals surface area contributed by atoms with Crippen molar-refractivity contribution in [3.8, 4) is 17.2 Å². The molecular formula is C21H27N3O6. The zero-order chi connectivity index (χ0) is 22.1. The summed E-state index contributed by atoms with van der Waals surface area (Å²) in [5.41, 5.74) is 7.43. The Balaban J connectivity index is 2.16. The van der Waals surface area contributed by atoms with Crippen LogP contribution in [0.25, 0.3) is 0 Å². The summed E-state index contributed by atoms with van der Waals surface area (Å²) in [5, 5.41) is 15.1. The summed E-state index contributed by atoms with van der Waals surface area (Å²) in [6.45, 7) is 0.341. The van der Waals surface area contributed by atoms with Gasteiger partial charge in [-0.15, -0.1) is 0 Å². The average molecular weight is 417 g/mol. The number of carboxylic acid groups (broad SMARTS) is 1. The Morgan fingerprint density at radius 2 is 1.63 bits per heavy atom. The molecular weight excluding hydrogens is 390 g/mol. The van der Waals surface area contributed by atoms with Gasteiger partial charge in [-0.2, -0.15) is 0 Å². The van der Waals surface area contributed by atoms with Crippen molar-refractivity contribution in [2.24, 2.45) is 0 Å². The van der Waals surface area contributed by atoms with Crippen LogP contribution in [0.5, 0.6) is 17.2 Å². The number of hydrogen-bond donors (Lipinski definition) is 4. The molecule has 0 aliphatic rings. The third-order valence-corrected chi connectivity index (χ3v) is 4.43. The van der Waals surface area contributed by atoms with Gasteiger partial charge in [-0.25, -0.2) is 0 Å². The summed E-state index contributed by atoms with van der Waals surface area (Å²) < 4.78 is 15.8. The predicted octanol–water partition coefficient (Wildman–Crippen LogP) is 2.37. The van der Waals surface area contributed by atoms with Crippen LogP contribution in [0.15, 0.2) is 36.4 Å².